The molecule has 0 aliphatic heterocycles. The third kappa shape index (κ3) is 2.46. The van der Waals surface area contributed by atoms with Crippen molar-refractivity contribution in [1.29, 1.82) is 0 Å². The third-order valence-corrected chi connectivity index (χ3v) is 4.01. The molecule has 2 nitrogen and oxygen atoms in total. The Bertz CT molecular complexity index is 614. The fraction of sp³-hybridized carbons (Fsp3) is 0.353. The molecule has 1 atom stereocenters. The molecule has 2 aromatic rings. The number of nitrogens with one attached hydrogen (secondary N) is 1. The lowest BCUT2D eigenvalue weighted by Crippen LogP contribution is -2.19. The molecule has 1 unspecified atom stereocenters. The van der Waals surface area contributed by atoms with Crippen LogP contribution < -0.4 is 5.32 Å². The standard InChI is InChI=1S/C17H19FN2/c1-11-8-13(9-12(2)16(11)18)10-20-15-6-5-14-4-3-7-19-17(14)15/h3-4,7-9,15,20H,5-6,10H2,1-2H3. The van der Waals surface area contributed by atoms with Crippen LogP contribution in [0.3, 0.4) is 0 Å². The molecule has 1 aliphatic rings. The zero-order valence-corrected chi connectivity index (χ0v) is 11.9. The van der Waals surface area contributed by atoms with E-state index in [1.165, 1.54) is 11.3 Å². The largest absolute Gasteiger partial charge is 0.304 e. The van der Waals surface area contributed by atoms with Gasteiger partial charge in [-0.2, -0.15) is 0 Å². The second-order valence-electron chi connectivity index (χ2n) is 5.56. The first-order valence-corrected chi connectivity index (χ1v) is 7.08. The predicted octanol–water partition coefficient (Wildman–Crippen LogP) is 3.61. The van der Waals surface area contributed by atoms with Crippen molar-refractivity contribution in [2.45, 2.75) is 39.3 Å². The van der Waals surface area contributed by atoms with Gasteiger partial charge in [-0.05, 0) is 55.0 Å². The molecule has 1 aromatic carbocycles. The molecule has 3 rings (SSSR count). The second kappa shape index (κ2) is 5.33. The number of aryl methyl sites for hydroxylation is 3. The van der Waals surface area contributed by atoms with Gasteiger partial charge in [-0.15, -0.1) is 0 Å². The summed E-state index contributed by atoms with van der Waals surface area (Å²) >= 11 is 0. The zero-order valence-electron chi connectivity index (χ0n) is 11.9. The first-order chi connectivity index (χ1) is 9.65. The molecule has 3 heteroatoms. The summed E-state index contributed by atoms with van der Waals surface area (Å²) in [5.74, 6) is -0.0957. The van der Waals surface area contributed by atoms with Crippen molar-refractivity contribution in [3.05, 3.63) is 64.2 Å². The van der Waals surface area contributed by atoms with Gasteiger partial charge in [-0.25, -0.2) is 4.39 Å². The highest BCUT2D eigenvalue weighted by Crippen LogP contribution is 2.29. The van der Waals surface area contributed by atoms with Crippen LogP contribution in [0.4, 0.5) is 4.39 Å². The summed E-state index contributed by atoms with van der Waals surface area (Å²) in [7, 11) is 0. The Kier molecular flexibility index (Phi) is 3.53. The number of nitrogens with zero attached hydrogens (tertiary/aromatic N) is 1. The monoisotopic (exact) mass is 270 g/mol. The summed E-state index contributed by atoms with van der Waals surface area (Å²) in [6, 6.07) is 8.30. The molecular weight excluding hydrogens is 251 g/mol. The van der Waals surface area contributed by atoms with Gasteiger partial charge in [0.05, 0.1) is 11.7 Å². The van der Waals surface area contributed by atoms with Crippen molar-refractivity contribution < 1.29 is 4.39 Å². The Labute approximate surface area is 119 Å². The lowest BCUT2D eigenvalue weighted by Gasteiger charge is -2.14. The van der Waals surface area contributed by atoms with Gasteiger partial charge < -0.3 is 5.32 Å². The van der Waals surface area contributed by atoms with E-state index >= 15 is 0 Å². The maximum atomic E-state index is 13.6. The molecule has 0 saturated heterocycles. The van der Waals surface area contributed by atoms with Gasteiger partial charge in [0.25, 0.3) is 0 Å². The summed E-state index contributed by atoms with van der Waals surface area (Å²) in [4.78, 5) is 4.48. The summed E-state index contributed by atoms with van der Waals surface area (Å²) < 4.78 is 13.6. The van der Waals surface area contributed by atoms with Gasteiger partial charge in [-0.3, -0.25) is 4.98 Å². The van der Waals surface area contributed by atoms with Crippen molar-refractivity contribution in [2.24, 2.45) is 0 Å². The van der Waals surface area contributed by atoms with Crippen molar-refractivity contribution in [3.63, 3.8) is 0 Å². The van der Waals surface area contributed by atoms with E-state index < -0.39 is 0 Å². The van der Waals surface area contributed by atoms with Crippen LogP contribution in [-0.4, -0.2) is 4.98 Å². The minimum atomic E-state index is -0.0957. The Balaban J connectivity index is 1.72. The number of halogens is 1. The third-order valence-electron chi connectivity index (χ3n) is 4.01. The number of benzene rings is 1. The van der Waals surface area contributed by atoms with Crippen molar-refractivity contribution in [1.82, 2.24) is 10.3 Å². The zero-order chi connectivity index (χ0) is 14.1. The van der Waals surface area contributed by atoms with Crippen LogP contribution in [-0.2, 0) is 13.0 Å². The fourth-order valence-electron chi connectivity index (χ4n) is 2.99. The molecule has 1 aromatic heterocycles. The number of hydrogen-bond donors (Lipinski definition) is 1. The molecule has 104 valence electrons. The van der Waals surface area contributed by atoms with Gasteiger partial charge in [0.15, 0.2) is 0 Å². The smallest absolute Gasteiger partial charge is 0.129 e. The lowest BCUT2D eigenvalue weighted by atomic mass is 10.1. The van der Waals surface area contributed by atoms with Crippen LogP contribution in [0.2, 0.25) is 0 Å². The SMILES string of the molecule is Cc1cc(CNC2CCc3cccnc32)cc(C)c1F. The van der Waals surface area contributed by atoms with Crippen LogP contribution in [0, 0.1) is 19.7 Å². The summed E-state index contributed by atoms with van der Waals surface area (Å²) in [5.41, 5.74) is 5.07. The molecule has 0 fully saturated rings. The highest BCUT2D eigenvalue weighted by atomic mass is 19.1. The molecule has 0 radical (unpaired) electrons. The summed E-state index contributed by atoms with van der Waals surface area (Å²) in [6.07, 6.45) is 4.03. The van der Waals surface area contributed by atoms with E-state index in [9.17, 15) is 4.39 Å². The number of rotatable bonds is 3. The number of aromatic nitrogens is 1. The van der Waals surface area contributed by atoms with Gasteiger partial charge in [-0.1, -0.05) is 18.2 Å². The van der Waals surface area contributed by atoms with Gasteiger partial charge in [0, 0.05) is 12.7 Å². The molecular formula is C17H19FN2. The Morgan fingerprint density at radius 2 is 2.05 bits per heavy atom. The van der Waals surface area contributed by atoms with E-state index in [0.717, 1.165) is 24.9 Å². The average Bonchev–Trinajstić information content (AvgIpc) is 2.85. The topological polar surface area (TPSA) is 24.9 Å². The molecule has 0 bridgehead atoms. The highest BCUT2D eigenvalue weighted by molar-refractivity contribution is 5.31. The summed E-state index contributed by atoms with van der Waals surface area (Å²) in [6.45, 7) is 4.39. The Hall–Kier alpha value is -1.74. The fourth-order valence-corrected chi connectivity index (χ4v) is 2.99. The van der Waals surface area contributed by atoms with Gasteiger partial charge >= 0.3 is 0 Å². The number of hydrogen-bond acceptors (Lipinski definition) is 2. The average molecular weight is 270 g/mol. The van der Waals surface area contributed by atoms with Crippen molar-refractivity contribution >= 4 is 0 Å². The number of pyridine rings is 1. The van der Waals surface area contributed by atoms with E-state index in [0.29, 0.717) is 17.2 Å². The molecule has 20 heavy (non-hydrogen) atoms. The van der Waals surface area contributed by atoms with Crippen LogP contribution in [0.25, 0.3) is 0 Å². The first-order valence-electron chi connectivity index (χ1n) is 7.08. The number of fused-ring (bicyclic) bond motifs is 1. The van der Waals surface area contributed by atoms with E-state index in [-0.39, 0.29) is 5.82 Å². The molecule has 1 aliphatic carbocycles. The van der Waals surface area contributed by atoms with Gasteiger partial charge in [0.1, 0.15) is 5.82 Å². The maximum Gasteiger partial charge on any atom is 0.129 e. The molecule has 1 N–H and O–H groups in total. The van der Waals surface area contributed by atoms with Crippen molar-refractivity contribution in [3.8, 4) is 0 Å². The molecule has 0 amide bonds. The quantitative estimate of drug-likeness (QED) is 0.921. The van der Waals surface area contributed by atoms with Crippen LogP contribution >= 0.6 is 0 Å². The molecule has 0 saturated carbocycles. The predicted molar refractivity (Wildman–Crippen MR) is 78.0 cm³/mol. The molecule has 1 heterocycles. The van der Waals surface area contributed by atoms with E-state index in [2.05, 4.69) is 16.4 Å². The van der Waals surface area contributed by atoms with Gasteiger partial charge in [0.2, 0.25) is 0 Å². The van der Waals surface area contributed by atoms with Crippen LogP contribution in [0.5, 0.6) is 0 Å². The van der Waals surface area contributed by atoms with E-state index in [1.807, 2.05) is 38.2 Å². The second-order valence-corrected chi connectivity index (χ2v) is 5.56. The minimum Gasteiger partial charge on any atom is -0.304 e. The van der Waals surface area contributed by atoms with Crippen LogP contribution in [0.1, 0.15) is 40.4 Å². The molecule has 0 spiro atoms. The summed E-state index contributed by atoms with van der Waals surface area (Å²) in [5, 5.41) is 3.54. The van der Waals surface area contributed by atoms with E-state index in [4.69, 9.17) is 0 Å². The Morgan fingerprint density at radius 3 is 2.80 bits per heavy atom. The first kappa shape index (κ1) is 13.3. The maximum absolute atomic E-state index is 13.6. The van der Waals surface area contributed by atoms with Crippen LogP contribution in [0.15, 0.2) is 30.5 Å². The highest BCUT2D eigenvalue weighted by Gasteiger charge is 2.22. The normalized spacial score (nSPS) is 17.2. The lowest BCUT2D eigenvalue weighted by molar-refractivity contribution is 0.520. The minimum absolute atomic E-state index is 0.0957. The van der Waals surface area contributed by atoms with E-state index in [1.54, 1.807) is 0 Å². The van der Waals surface area contributed by atoms with Crippen molar-refractivity contribution in [2.75, 3.05) is 0 Å². The Morgan fingerprint density at radius 1 is 1.30 bits per heavy atom.